The Kier molecular flexibility index (Phi) is 3.99. The number of carbonyl (C=O) groups excluding carboxylic acids is 1. The number of amides is 1. The van der Waals surface area contributed by atoms with Gasteiger partial charge in [0.15, 0.2) is 0 Å². The lowest BCUT2D eigenvalue weighted by molar-refractivity contribution is -0.128. The second-order valence-corrected chi connectivity index (χ2v) is 5.98. The molecule has 3 fully saturated rings. The Bertz CT molecular complexity index is 279. The predicted molar refractivity (Wildman–Crippen MR) is 69.9 cm³/mol. The maximum absolute atomic E-state index is 12.0. The van der Waals surface area contributed by atoms with Crippen LogP contribution in [-0.4, -0.2) is 18.0 Å². The number of carbonyl (C=O) groups is 1. The second kappa shape index (κ2) is 5.15. The molecule has 17 heavy (non-hydrogen) atoms. The Balaban J connectivity index is 0.00000108. The normalized spacial score (nSPS) is 40.3. The summed E-state index contributed by atoms with van der Waals surface area (Å²) >= 11 is 0. The van der Waals surface area contributed by atoms with Crippen LogP contribution in [0.5, 0.6) is 0 Å². The minimum Gasteiger partial charge on any atom is -0.353 e. The lowest BCUT2D eigenvalue weighted by Gasteiger charge is -2.43. The molecular weight excluding hydrogens is 236 g/mol. The van der Waals surface area contributed by atoms with Crippen LogP contribution in [0.15, 0.2) is 0 Å². The molecule has 0 aliphatic heterocycles. The zero-order valence-corrected chi connectivity index (χ0v) is 11.0. The van der Waals surface area contributed by atoms with Crippen molar-refractivity contribution in [1.29, 1.82) is 0 Å². The maximum atomic E-state index is 12.0. The van der Waals surface area contributed by atoms with Gasteiger partial charge in [0.25, 0.3) is 0 Å². The molecule has 0 radical (unpaired) electrons. The van der Waals surface area contributed by atoms with Crippen molar-refractivity contribution in [3.8, 4) is 0 Å². The van der Waals surface area contributed by atoms with Gasteiger partial charge in [-0.25, -0.2) is 0 Å². The van der Waals surface area contributed by atoms with Crippen molar-refractivity contribution in [2.45, 2.75) is 57.0 Å². The van der Waals surface area contributed by atoms with Crippen LogP contribution in [0.3, 0.4) is 0 Å². The molecule has 2 unspecified atom stereocenters. The molecule has 1 amide bonds. The zero-order valence-electron chi connectivity index (χ0n) is 10.2. The van der Waals surface area contributed by atoms with Crippen LogP contribution in [-0.2, 0) is 4.79 Å². The first-order chi connectivity index (χ1) is 7.74. The van der Waals surface area contributed by atoms with Gasteiger partial charge in [0.2, 0.25) is 5.91 Å². The summed E-state index contributed by atoms with van der Waals surface area (Å²) in [4.78, 5) is 12.0. The van der Waals surface area contributed by atoms with E-state index in [-0.39, 0.29) is 18.3 Å². The smallest absolute Gasteiger partial charge is 0.223 e. The predicted octanol–water partition coefficient (Wildman–Crippen LogP) is 1.84. The van der Waals surface area contributed by atoms with Gasteiger partial charge in [0.1, 0.15) is 0 Å². The van der Waals surface area contributed by atoms with Crippen LogP contribution < -0.4 is 11.1 Å². The lowest BCUT2D eigenvalue weighted by Crippen LogP contribution is -2.49. The summed E-state index contributed by atoms with van der Waals surface area (Å²) in [6.07, 6.45) is 8.25. The molecule has 2 atom stereocenters. The third-order valence-electron chi connectivity index (χ3n) is 4.71. The molecule has 0 aromatic heterocycles. The van der Waals surface area contributed by atoms with Gasteiger partial charge in [-0.05, 0) is 50.4 Å². The first kappa shape index (κ1) is 13.2. The molecule has 4 heteroatoms. The highest BCUT2D eigenvalue weighted by atomic mass is 35.5. The molecular formula is C13H23ClN2O. The average molecular weight is 259 g/mol. The highest BCUT2D eigenvalue weighted by Crippen LogP contribution is 2.42. The summed E-state index contributed by atoms with van der Waals surface area (Å²) in [5.41, 5.74) is 6.23. The van der Waals surface area contributed by atoms with Gasteiger partial charge in [-0.15, -0.1) is 12.4 Å². The van der Waals surface area contributed by atoms with Crippen molar-refractivity contribution in [2.75, 3.05) is 0 Å². The van der Waals surface area contributed by atoms with Crippen LogP contribution in [0.1, 0.15) is 44.9 Å². The van der Waals surface area contributed by atoms with Gasteiger partial charge < -0.3 is 11.1 Å². The number of hydrogen-bond acceptors (Lipinski definition) is 2. The second-order valence-electron chi connectivity index (χ2n) is 5.98. The number of rotatable bonds is 2. The fraction of sp³-hybridized carbons (Fsp3) is 0.923. The van der Waals surface area contributed by atoms with Gasteiger partial charge in [-0.3, -0.25) is 4.79 Å². The molecule has 3 aliphatic carbocycles. The van der Waals surface area contributed by atoms with Crippen molar-refractivity contribution < 1.29 is 4.79 Å². The van der Waals surface area contributed by atoms with E-state index < -0.39 is 0 Å². The number of nitrogens with two attached hydrogens (primary N) is 1. The minimum absolute atomic E-state index is 0. The molecule has 3 rings (SSSR count). The zero-order chi connectivity index (χ0) is 11.1. The monoisotopic (exact) mass is 258 g/mol. The van der Waals surface area contributed by atoms with E-state index in [1.54, 1.807) is 0 Å². The number of halogens is 1. The van der Waals surface area contributed by atoms with E-state index >= 15 is 0 Å². The lowest BCUT2D eigenvalue weighted by atomic mass is 9.65. The van der Waals surface area contributed by atoms with Gasteiger partial charge >= 0.3 is 0 Å². The Hall–Kier alpha value is -0.280. The van der Waals surface area contributed by atoms with Gasteiger partial charge in [-0.2, -0.15) is 0 Å². The molecule has 0 saturated heterocycles. The van der Waals surface area contributed by atoms with E-state index in [0.29, 0.717) is 29.8 Å². The topological polar surface area (TPSA) is 55.1 Å². The maximum Gasteiger partial charge on any atom is 0.223 e. The van der Waals surface area contributed by atoms with Gasteiger partial charge in [0.05, 0.1) is 0 Å². The molecule has 0 heterocycles. The summed E-state index contributed by atoms with van der Waals surface area (Å²) in [6, 6.07) is 0.877. The Labute approximate surface area is 109 Å². The van der Waals surface area contributed by atoms with Crippen LogP contribution in [0.4, 0.5) is 0 Å². The van der Waals surface area contributed by atoms with E-state index in [1.165, 1.54) is 32.1 Å². The van der Waals surface area contributed by atoms with Crippen LogP contribution in [0, 0.1) is 17.8 Å². The first-order valence-corrected chi connectivity index (χ1v) is 6.80. The van der Waals surface area contributed by atoms with E-state index in [0.717, 1.165) is 12.8 Å². The summed E-state index contributed by atoms with van der Waals surface area (Å²) in [6.45, 7) is 0. The van der Waals surface area contributed by atoms with Crippen molar-refractivity contribution in [3.63, 3.8) is 0 Å². The summed E-state index contributed by atoms with van der Waals surface area (Å²) in [7, 11) is 0. The summed E-state index contributed by atoms with van der Waals surface area (Å²) < 4.78 is 0. The van der Waals surface area contributed by atoms with Gasteiger partial charge in [0, 0.05) is 18.0 Å². The molecule has 3 saturated carbocycles. The molecule has 3 nitrogen and oxygen atoms in total. The molecule has 0 spiro atoms. The fourth-order valence-electron chi connectivity index (χ4n) is 3.55. The highest BCUT2D eigenvalue weighted by Gasteiger charge is 2.41. The quantitative estimate of drug-likeness (QED) is 0.794. The molecule has 2 bridgehead atoms. The van der Waals surface area contributed by atoms with Crippen LogP contribution in [0.25, 0.3) is 0 Å². The molecule has 0 aromatic carbocycles. The van der Waals surface area contributed by atoms with Crippen molar-refractivity contribution >= 4 is 18.3 Å². The first-order valence-electron chi connectivity index (χ1n) is 6.80. The van der Waals surface area contributed by atoms with E-state index in [4.69, 9.17) is 5.73 Å². The highest BCUT2D eigenvalue weighted by molar-refractivity contribution is 5.85. The number of nitrogens with one attached hydrogen (secondary N) is 1. The van der Waals surface area contributed by atoms with E-state index in [2.05, 4.69) is 5.32 Å². The standard InChI is InChI=1S/C13H22N2O.ClH/c14-12-8-2-1-3-9(12)7-10(6-8)13(16)15-11-4-5-11;/h8-12H,1-7,14H2,(H,15,16);1H. The Morgan fingerprint density at radius 2 is 1.65 bits per heavy atom. The number of fused-ring (bicyclic) bond motifs is 2. The third kappa shape index (κ3) is 2.76. The SMILES string of the molecule is Cl.NC1C2CCCC1CC(C(=O)NC1CC1)C2. The summed E-state index contributed by atoms with van der Waals surface area (Å²) in [5, 5.41) is 3.15. The summed E-state index contributed by atoms with van der Waals surface area (Å²) in [5.74, 6) is 1.80. The van der Waals surface area contributed by atoms with Gasteiger partial charge in [-0.1, -0.05) is 6.42 Å². The van der Waals surface area contributed by atoms with Crippen molar-refractivity contribution in [3.05, 3.63) is 0 Å². The molecule has 3 aliphatic rings. The Morgan fingerprint density at radius 3 is 2.18 bits per heavy atom. The molecule has 0 aromatic rings. The Morgan fingerprint density at radius 1 is 1.06 bits per heavy atom. The number of hydrogen-bond donors (Lipinski definition) is 2. The molecule has 98 valence electrons. The van der Waals surface area contributed by atoms with Crippen molar-refractivity contribution in [1.82, 2.24) is 5.32 Å². The minimum atomic E-state index is 0. The fourth-order valence-corrected chi connectivity index (χ4v) is 3.55. The largest absolute Gasteiger partial charge is 0.353 e. The third-order valence-corrected chi connectivity index (χ3v) is 4.71. The molecule has 3 N–H and O–H groups in total. The average Bonchev–Trinajstić information content (AvgIpc) is 3.00. The van der Waals surface area contributed by atoms with E-state index in [9.17, 15) is 4.79 Å². The van der Waals surface area contributed by atoms with Crippen LogP contribution >= 0.6 is 12.4 Å². The van der Waals surface area contributed by atoms with Crippen LogP contribution in [0.2, 0.25) is 0 Å². The van der Waals surface area contributed by atoms with Crippen molar-refractivity contribution in [2.24, 2.45) is 23.5 Å². The van der Waals surface area contributed by atoms with E-state index in [1.807, 2.05) is 0 Å².